The lowest BCUT2D eigenvalue weighted by molar-refractivity contribution is 0.0937. The second-order valence-corrected chi connectivity index (χ2v) is 7.11. The summed E-state index contributed by atoms with van der Waals surface area (Å²) in [5.41, 5.74) is 0.917. The van der Waals surface area contributed by atoms with Crippen LogP contribution < -0.4 is 5.32 Å². The molecule has 0 radical (unpaired) electrons. The predicted molar refractivity (Wildman–Crippen MR) is 70.3 cm³/mol. The number of halogens is 1. The fourth-order valence-electron chi connectivity index (χ4n) is 2.28. The monoisotopic (exact) mass is 285 g/mol. The van der Waals surface area contributed by atoms with Gasteiger partial charge in [0, 0.05) is 11.6 Å². The second kappa shape index (κ2) is 5.28. The molecular weight excluding hydrogens is 269 g/mol. The fraction of sp³-hybridized carbons (Fsp3) is 0.462. The van der Waals surface area contributed by atoms with Crippen molar-refractivity contribution in [2.75, 3.05) is 11.5 Å². The van der Waals surface area contributed by atoms with Crippen molar-refractivity contribution in [3.8, 4) is 0 Å². The molecule has 1 amide bonds. The third-order valence-electron chi connectivity index (χ3n) is 3.23. The SMILES string of the molecule is Cc1cc(F)ccc1C(=O)NC1CCCS(=O)(=O)C1. The zero-order valence-corrected chi connectivity index (χ0v) is 11.5. The molecule has 1 aromatic rings. The summed E-state index contributed by atoms with van der Waals surface area (Å²) in [7, 11) is -3.05. The summed E-state index contributed by atoms with van der Waals surface area (Å²) in [4.78, 5) is 12.0. The van der Waals surface area contributed by atoms with Crippen LogP contribution in [0.5, 0.6) is 0 Å². The van der Waals surface area contributed by atoms with E-state index in [1.54, 1.807) is 6.92 Å². The Morgan fingerprint density at radius 1 is 1.42 bits per heavy atom. The maximum atomic E-state index is 13.0. The van der Waals surface area contributed by atoms with E-state index in [2.05, 4.69) is 5.32 Å². The number of hydrogen-bond donors (Lipinski definition) is 1. The summed E-state index contributed by atoms with van der Waals surface area (Å²) >= 11 is 0. The van der Waals surface area contributed by atoms with Gasteiger partial charge in [-0.3, -0.25) is 4.79 Å². The standard InChI is InChI=1S/C13H16FNO3S/c1-9-7-10(14)4-5-12(9)13(16)15-11-3-2-6-19(17,18)8-11/h4-5,7,11H,2-3,6,8H2,1H3,(H,15,16). The van der Waals surface area contributed by atoms with Gasteiger partial charge in [-0.2, -0.15) is 0 Å². The van der Waals surface area contributed by atoms with Crippen LogP contribution in [0.4, 0.5) is 4.39 Å². The van der Waals surface area contributed by atoms with Gasteiger partial charge in [0.2, 0.25) is 0 Å². The first-order valence-corrected chi connectivity index (χ1v) is 7.97. The Morgan fingerprint density at radius 3 is 2.79 bits per heavy atom. The van der Waals surface area contributed by atoms with Crippen molar-refractivity contribution < 1.29 is 17.6 Å². The van der Waals surface area contributed by atoms with E-state index in [-0.39, 0.29) is 23.5 Å². The summed E-state index contributed by atoms with van der Waals surface area (Å²) in [6, 6.07) is 3.57. The van der Waals surface area contributed by atoms with Gasteiger partial charge >= 0.3 is 0 Å². The molecule has 0 bridgehead atoms. The summed E-state index contributed by atoms with van der Waals surface area (Å²) in [6.45, 7) is 1.65. The Labute approximate surface area is 111 Å². The lowest BCUT2D eigenvalue weighted by Crippen LogP contribution is -2.43. The van der Waals surface area contributed by atoms with Gasteiger partial charge in [0.1, 0.15) is 5.82 Å². The zero-order chi connectivity index (χ0) is 14.0. The van der Waals surface area contributed by atoms with Crippen LogP contribution >= 0.6 is 0 Å². The molecule has 1 aromatic carbocycles. The van der Waals surface area contributed by atoms with Crippen molar-refractivity contribution in [1.29, 1.82) is 0 Å². The number of carbonyl (C=O) groups excluding carboxylic acids is 1. The Balaban J connectivity index is 2.09. The second-order valence-electron chi connectivity index (χ2n) is 4.89. The maximum Gasteiger partial charge on any atom is 0.251 e. The molecule has 0 aromatic heterocycles. The van der Waals surface area contributed by atoms with E-state index in [1.807, 2.05) is 0 Å². The van der Waals surface area contributed by atoms with E-state index < -0.39 is 15.7 Å². The molecule has 1 aliphatic rings. The fourth-order valence-corrected chi connectivity index (χ4v) is 3.92. The Kier molecular flexibility index (Phi) is 3.89. The average molecular weight is 285 g/mol. The molecule has 0 spiro atoms. The van der Waals surface area contributed by atoms with E-state index in [4.69, 9.17) is 0 Å². The summed E-state index contributed by atoms with van der Waals surface area (Å²) in [5, 5.41) is 2.71. The minimum Gasteiger partial charge on any atom is -0.348 e. The average Bonchev–Trinajstić information content (AvgIpc) is 2.27. The molecule has 1 N–H and O–H groups in total. The third-order valence-corrected chi connectivity index (χ3v) is 5.05. The summed E-state index contributed by atoms with van der Waals surface area (Å²) in [6.07, 6.45) is 1.22. The zero-order valence-electron chi connectivity index (χ0n) is 10.6. The molecule has 2 rings (SSSR count). The molecule has 1 aliphatic heterocycles. The first-order valence-electron chi connectivity index (χ1n) is 6.15. The van der Waals surface area contributed by atoms with Crippen molar-refractivity contribution in [1.82, 2.24) is 5.32 Å². The number of amides is 1. The number of carbonyl (C=O) groups is 1. The smallest absolute Gasteiger partial charge is 0.251 e. The van der Waals surface area contributed by atoms with Crippen LogP contribution in [0.1, 0.15) is 28.8 Å². The van der Waals surface area contributed by atoms with Gasteiger partial charge in [0.05, 0.1) is 11.5 Å². The number of benzene rings is 1. The summed E-state index contributed by atoms with van der Waals surface area (Å²) < 4.78 is 35.9. The minimum atomic E-state index is -3.05. The van der Waals surface area contributed by atoms with Crippen molar-refractivity contribution in [2.24, 2.45) is 0 Å². The van der Waals surface area contributed by atoms with E-state index in [0.29, 0.717) is 24.0 Å². The van der Waals surface area contributed by atoms with Crippen molar-refractivity contribution in [2.45, 2.75) is 25.8 Å². The molecule has 0 aliphatic carbocycles. The largest absolute Gasteiger partial charge is 0.348 e. The van der Waals surface area contributed by atoms with E-state index >= 15 is 0 Å². The van der Waals surface area contributed by atoms with Crippen LogP contribution in [-0.2, 0) is 9.84 Å². The first kappa shape index (κ1) is 14.0. The summed E-state index contributed by atoms with van der Waals surface area (Å²) in [5.74, 6) is -0.567. The molecule has 1 saturated heterocycles. The van der Waals surface area contributed by atoms with Gasteiger partial charge in [0.25, 0.3) is 5.91 Å². The Bertz CT molecular complexity index is 598. The first-order chi connectivity index (χ1) is 8.87. The van der Waals surface area contributed by atoms with Gasteiger partial charge in [-0.25, -0.2) is 12.8 Å². The van der Waals surface area contributed by atoms with Crippen LogP contribution in [0.15, 0.2) is 18.2 Å². The number of hydrogen-bond acceptors (Lipinski definition) is 3. The molecule has 4 nitrogen and oxygen atoms in total. The highest BCUT2D eigenvalue weighted by atomic mass is 32.2. The minimum absolute atomic E-state index is 0.0149. The molecule has 19 heavy (non-hydrogen) atoms. The number of rotatable bonds is 2. The van der Waals surface area contributed by atoms with E-state index in [0.717, 1.165) is 0 Å². The quantitative estimate of drug-likeness (QED) is 0.894. The number of aryl methyl sites for hydroxylation is 1. The lowest BCUT2D eigenvalue weighted by atomic mass is 10.1. The van der Waals surface area contributed by atoms with Crippen LogP contribution in [-0.4, -0.2) is 31.9 Å². The molecule has 6 heteroatoms. The van der Waals surface area contributed by atoms with E-state index in [9.17, 15) is 17.6 Å². The Morgan fingerprint density at radius 2 is 2.16 bits per heavy atom. The van der Waals surface area contributed by atoms with Crippen molar-refractivity contribution in [3.05, 3.63) is 35.1 Å². The number of nitrogens with one attached hydrogen (secondary N) is 1. The predicted octanol–water partition coefficient (Wildman–Crippen LogP) is 1.44. The molecule has 1 unspecified atom stereocenters. The van der Waals surface area contributed by atoms with Crippen molar-refractivity contribution >= 4 is 15.7 Å². The molecule has 1 heterocycles. The van der Waals surface area contributed by atoms with Gasteiger partial charge < -0.3 is 5.32 Å². The number of sulfone groups is 1. The van der Waals surface area contributed by atoms with Crippen LogP contribution in [0.2, 0.25) is 0 Å². The Hall–Kier alpha value is -1.43. The van der Waals surface area contributed by atoms with Crippen LogP contribution in [0.25, 0.3) is 0 Å². The highest BCUT2D eigenvalue weighted by Crippen LogP contribution is 2.14. The third kappa shape index (κ3) is 3.53. The van der Waals surface area contributed by atoms with Gasteiger partial charge in [-0.15, -0.1) is 0 Å². The van der Waals surface area contributed by atoms with Gasteiger partial charge in [-0.1, -0.05) is 0 Å². The molecule has 1 atom stereocenters. The van der Waals surface area contributed by atoms with Gasteiger partial charge in [0.15, 0.2) is 9.84 Å². The molecular formula is C13H16FNO3S. The van der Waals surface area contributed by atoms with Gasteiger partial charge in [-0.05, 0) is 43.5 Å². The maximum absolute atomic E-state index is 13.0. The normalized spacial score (nSPS) is 21.9. The molecule has 0 saturated carbocycles. The van der Waals surface area contributed by atoms with Crippen LogP contribution in [0, 0.1) is 12.7 Å². The van der Waals surface area contributed by atoms with E-state index in [1.165, 1.54) is 18.2 Å². The lowest BCUT2D eigenvalue weighted by Gasteiger charge is -2.23. The highest BCUT2D eigenvalue weighted by Gasteiger charge is 2.26. The molecule has 1 fully saturated rings. The highest BCUT2D eigenvalue weighted by molar-refractivity contribution is 7.91. The molecule has 104 valence electrons. The topological polar surface area (TPSA) is 63.2 Å². The van der Waals surface area contributed by atoms with Crippen LogP contribution in [0.3, 0.4) is 0 Å². The van der Waals surface area contributed by atoms with Crippen molar-refractivity contribution in [3.63, 3.8) is 0 Å².